The van der Waals surface area contributed by atoms with Crippen LogP contribution in [0.4, 0.5) is 0 Å². The van der Waals surface area contributed by atoms with Crippen molar-refractivity contribution in [1.82, 2.24) is 25.6 Å². The fourth-order valence-electron chi connectivity index (χ4n) is 1.93. The van der Waals surface area contributed by atoms with Gasteiger partial charge < -0.3 is 18.8 Å². The molecule has 1 atom stereocenters. The van der Waals surface area contributed by atoms with Crippen LogP contribution in [0.1, 0.15) is 24.5 Å². The SMILES string of the molecule is CNC(C)Cc1noc(CCc2nc(-c3ccco3)no2)n1. The Hall–Kier alpha value is -2.48. The lowest BCUT2D eigenvalue weighted by atomic mass is 10.2. The standard InChI is InChI=1S/C14H17N5O3/c1-9(15-2)8-11-16-12(21-18-11)5-6-13-17-14(19-22-13)10-4-3-7-20-10/h3-4,7,9,15H,5-6,8H2,1-2H3. The van der Waals surface area contributed by atoms with Crippen LogP contribution in [0, 0.1) is 0 Å². The van der Waals surface area contributed by atoms with E-state index >= 15 is 0 Å². The van der Waals surface area contributed by atoms with Crippen molar-refractivity contribution in [2.75, 3.05) is 7.05 Å². The zero-order valence-electron chi connectivity index (χ0n) is 12.4. The van der Waals surface area contributed by atoms with Gasteiger partial charge in [0.25, 0.3) is 0 Å². The van der Waals surface area contributed by atoms with Crippen molar-refractivity contribution in [2.24, 2.45) is 0 Å². The minimum Gasteiger partial charge on any atom is -0.461 e. The van der Waals surface area contributed by atoms with Gasteiger partial charge >= 0.3 is 0 Å². The molecule has 3 aromatic heterocycles. The third-order valence-corrected chi connectivity index (χ3v) is 3.25. The number of nitrogens with one attached hydrogen (secondary N) is 1. The molecule has 8 heteroatoms. The van der Waals surface area contributed by atoms with Gasteiger partial charge in [-0.2, -0.15) is 9.97 Å². The van der Waals surface area contributed by atoms with Crippen LogP contribution in [0.25, 0.3) is 11.6 Å². The number of likely N-dealkylation sites (N-methyl/N-ethyl adjacent to an activating group) is 1. The highest BCUT2D eigenvalue weighted by Gasteiger charge is 2.13. The first-order valence-corrected chi connectivity index (χ1v) is 7.10. The molecule has 3 aromatic rings. The Balaban J connectivity index is 1.56. The molecule has 0 aromatic carbocycles. The van der Waals surface area contributed by atoms with Gasteiger partial charge in [-0.05, 0) is 26.1 Å². The lowest BCUT2D eigenvalue weighted by molar-refractivity contribution is 0.350. The maximum absolute atomic E-state index is 5.21. The normalized spacial score (nSPS) is 12.6. The zero-order valence-corrected chi connectivity index (χ0v) is 12.4. The van der Waals surface area contributed by atoms with Crippen LogP contribution >= 0.6 is 0 Å². The average Bonchev–Trinajstić information content (AvgIpc) is 3.26. The molecule has 3 heterocycles. The summed E-state index contributed by atoms with van der Waals surface area (Å²) >= 11 is 0. The summed E-state index contributed by atoms with van der Waals surface area (Å²) in [6.45, 7) is 2.06. The fourth-order valence-corrected chi connectivity index (χ4v) is 1.93. The minimum atomic E-state index is 0.303. The van der Waals surface area contributed by atoms with Gasteiger partial charge in [0.2, 0.25) is 17.6 Å². The number of rotatable bonds is 7. The smallest absolute Gasteiger partial charge is 0.238 e. The van der Waals surface area contributed by atoms with Crippen LogP contribution in [-0.4, -0.2) is 33.4 Å². The lowest BCUT2D eigenvalue weighted by Crippen LogP contribution is -2.24. The first-order valence-electron chi connectivity index (χ1n) is 7.10. The minimum absolute atomic E-state index is 0.303. The van der Waals surface area contributed by atoms with Crippen LogP contribution in [0.5, 0.6) is 0 Å². The zero-order chi connectivity index (χ0) is 15.4. The summed E-state index contributed by atoms with van der Waals surface area (Å²) in [7, 11) is 1.90. The summed E-state index contributed by atoms with van der Waals surface area (Å²) in [4.78, 5) is 8.61. The summed E-state index contributed by atoms with van der Waals surface area (Å²) in [5.41, 5.74) is 0. The highest BCUT2D eigenvalue weighted by molar-refractivity contribution is 5.44. The van der Waals surface area contributed by atoms with E-state index in [1.54, 1.807) is 18.4 Å². The highest BCUT2D eigenvalue weighted by atomic mass is 16.5. The summed E-state index contributed by atoms with van der Waals surface area (Å²) in [5.74, 6) is 2.79. The van der Waals surface area contributed by atoms with Crippen molar-refractivity contribution in [3.63, 3.8) is 0 Å². The predicted octanol–water partition coefficient (Wildman–Crippen LogP) is 1.65. The number of hydrogen-bond donors (Lipinski definition) is 1. The van der Waals surface area contributed by atoms with Crippen molar-refractivity contribution in [2.45, 2.75) is 32.2 Å². The van der Waals surface area contributed by atoms with Gasteiger partial charge in [-0.1, -0.05) is 10.3 Å². The molecule has 1 unspecified atom stereocenters. The largest absolute Gasteiger partial charge is 0.461 e. The number of aryl methyl sites for hydroxylation is 2. The molecule has 0 aliphatic heterocycles. The van der Waals surface area contributed by atoms with Crippen LogP contribution in [-0.2, 0) is 19.3 Å². The summed E-state index contributed by atoms with van der Waals surface area (Å²) < 4.78 is 15.6. The van der Waals surface area contributed by atoms with E-state index in [9.17, 15) is 0 Å². The van der Waals surface area contributed by atoms with E-state index in [-0.39, 0.29) is 0 Å². The molecule has 0 aliphatic rings. The molecule has 116 valence electrons. The van der Waals surface area contributed by atoms with Crippen molar-refractivity contribution >= 4 is 0 Å². The van der Waals surface area contributed by atoms with Gasteiger partial charge in [0.05, 0.1) is 6.26 Å². The van der Waals surface area contributed by atoms with Gasteiger partial charge in [0.15, 0.2) is 11.6 Å². The Morgan fingerprint density at radius 3 is 2.64 bits per heavy atom. The first kappa shape index (κ1) is 14.5. The van der Waals surface area contributed by atoms with E-state index in [0.717, 1.165) is 6.42 Å². The molecule has 0 amide bonds. The van der Waals surface area contributed by atoms with E-state index in [1.165, 1.54) is 0 Å². The molecule has 22 heavy (non-hydrogen) atoms. The first-order chi connectivity index (χ1) is 10.7. The Morgan fingerprint density at radius 2 is 1.91 bits per heavy atom. The molecule has 8 nitrogen and oxygen atoms in total. The molecular formula is C14H17N5O3. The van der Waals surface area contributed by atoms with Crippen LogP contribution in [0.2, 0.25) is 0 Å². The summed E-state index contributed by atoms with van der Waals surface area (Å²) in [6, 6.07) is 3.86. The number of aromatic nitrogens is 4. The number of hydrogen-bond acceptors (Lipinski definition) is 8. The topological polar surface area (TPSA) is 103 Å². The Morgan fingerprint density at radius 1 is 1.14 bits per heavy atom. The summed E-state index contributed by atoms with van der Waals surface area (Å²) in [6.07, 6.45) is 3.39. The molecule has 0 aliphatic carbocycles. The second kappa shape index (κ2) is 6.52. The third kappa shape index (κ3) is 3.40. The van der Waals surface area contributed by atoms with E-state index in [1.807, 2.05) is 7.05 Å². The van der Waals surface area contributed by atoms with E-state index in [0.29, 0.717) is 48.1 Å². The Labute approximate surface area is 126 Å². The van der Waals surface area contributed by atoms with Crippen LogP contribution in [0.3, 0.4) is 0 Å². The van der Waals surface area contributed by atoms with Gasteiger partial charge in [0.1, 0.15) is 0 Å². The maximum atomic E-state index is 5.21. The molecule has 3 rings (SSSR count). The second-order valence-electron chi connectivity index (χ2n) is 4.99. The molecule has 0 spiro atoms. The van der Waals surface area contributed by atoms with Gasteiger partial charge in [0, 0.05) is 25.3 Å². The molecular weight excluding hydrogens is 286 g/mol. The molecule has 0 fully saturated rings. The maximum Gasteiger partial charge on any atom is 0.238 e. The fraction of sp³-hybridized carbons (Fsp3) is 0.429. The molecule has 0 saturated carbocycles. The van der Waals surface area contributed by atoms with Gasteiger partial charge in [-0.3, -0.25) is 0 Å². The van der Waals surface area contributed by atoms with Gasteiger partial charge in [-0.15, -0.1) is 0 Å². The van der Waals surface area contributed by atoms with Crippen molar-refractivity contribution in [1.29, 1.82) is 0 Å². The highest BCUT2D eigenvalue weighted by Crippen LogP contribution is 2.16. The molecule has 1 N–H and O–H groups in total. The number of nitrogens with zero attached hydrogens (tertiary/aromatic N) is 4. The lowest BCUT2D eigenvalue weighted by Gasteiger charge is -2.04. The van der Waals surface area contributed by atoms with Crippen molar-refractivity contribution in [3.8, 4) is 11.6 Å². The van der Waals surface area contributed by atoms with Crippen LogP contribution < -0.4 is 5.32 Å². The molecule has 0 saturated heterocycles. The number of furan rings is 1. The van der Waals surface area contributed by atoms with Crippen LogP contribution in [0.15, 0.2) is 31.9 Å². The Kier molecular flexibility index (Phi) is 4.29. The third-order valence-electron chi connectivity index (χ3n) is 3.25. The van der Waals surface area contributed by atoms with E-state index < -0.39 is 0 Å². The van der Waals surface area contributed by atoms with Crippen molar-refractivity contribution in [3.05, 3.63) is 36.0 Å². The quantitative estimate of drug-likeness (QED) is 0.702. The predicted molar refractivity (Wildman–Crippen MR) is 75.9 cm³/mol. The van der Waals surface area contributed by atoms with Gasteiger partial charge in [-0.25, -0.2) is 0 Å². The van der Waals surface area contributed by atoms with E-state index in [4.69, 9.17) is 13.5 Å². The average molecular weight is 303 g/mol. The van der Waals surface area contributed by atoms with Crippen molar-refractivity contribution < 1.29 is 13.5 Å². The molecule has 0 bridgehead atoms. The molecule has 0 radical (unpaired) electrons. The summed E-state index contributed by atoms with van der Waals surface area (Å²) in [5, 5.41) is 11.0. The van der Waals surface area contributed by atoms with E-state index in [2.05, 4.69) is 32.5 Å². The Bertz CT molecular complexity index is 704. The second-order valence-corrected chi connectivity index (χ2v) is 4.99. The monoisotopic (exact) mass is 303 g/mol.